The Balaban J connectivity index is 1.12. The lowest BCUT2D eigenvalue weighted by atomic mass is 10.0. The molecule has 0 unspecified atom stereocenters. The number of benzene rings is 2. The van der Waals surface area contributed by atoms with Gasteiger partial charge in [0.25, 0.3) is 0 Å². The van der Waals surface area contributed by atoms with E-state index in [1.54, 1.807) is 6.07 Å². The van der Waals surface area contributed by atoms with Crippen LogP contribution in [0.15, 0.2) is 42.6 Å². The molecule has 2 fully saturated rings. The van der Waals surface area contributed by atoms with E-state index in [0.29, 0.717) is 30.5 Å². The smallest absolute Gasteiger partial charge is 0.195 e. The average Bonchev–Trinajstić information content (AvgIpc) is 3.61. The quantitative estimate of drug-likeness (QED) is 0.181. The summed E-state index contributed by atoms with van der Waals surface area (Å²) < 4.78 is 31.4. The van der Waals surface area contributed by atoms with Gasteiger partial charge in [-0.1, -0.05) is 17.4 Å². The van der Waals surface area contributed by atoms with Crippen molar-refractivity contribution in [2.75, 3.05) is 33.2 Å². The van der Waals surface area contributed by atoms with Gasteiger partial charge in [0.2, 0.25) is 0 Å². The third-order valence-corrected chi connectivity index (χ3v) is 9.25. The van der Waals surface area contributed by atoms with Crippen molar-refractivity contribution in [3.63, 3.8) is 0 Å². The molecule has 2 aromatic carbocycles. The van der Waals surface area contributed by atoms with E-state index in [9.17, 15) is 9.18 Å². The molecule has 0 radical (unpaired) electrons. The van der Waals surface area contributed by atoms with Crippen molar-refractivity contribution in [3.05, 3.63) is 59.5 Å². The van der Waals surface area contributed by atoms with Crippen molar-refractivity contribution in [1.82, 2.24) is 19.2 Å². The number of imidazole rings is 1. The second kappa shape index (κ2) is 10.8. The van der Waals surface area contributed by atoms with Crippen LogP contribution in [0.5, 0.6) is 0 Å². The number of Topliss-reactive ketones (excluding diaryl/α,β-unsaturated/α-hetero) is 1. The maximum Gasteiger partial charge on any atom is 0.195 e. The second-order valence-electron chi connectivity index (χ2n) is 10.8. The second-order valence-corrected chi connectivity index (χ2v) is 11.8. The summed E-state index contributed by atoms with van der Waals surface area (Å²) in [5.74, 6) is -0.0891. The number of carbonyl (C=O) groups excluding carboxylic acids is 1. The van der Waals surface area contributed by atoms with Gasteiger partial charge in [-0.3, -0.25) is 14.1 Å². The molecule has 0 saturated carbocycles. The van der Waals surface area contributed by atoms with E-state index in [2.05, 4.69) is 16.8 Å². The van der Waals surface area contributed by atoms with E-state index in [-0.39, 0.29) is 17.6 Å². The fraction of sp³-hybridized carbons (Fsp3) is 0.467. The first-order valence-corrected chi connectivity index (χ1v) is 14.6. The maximum atomic E-state index is 15.1. The third-order valence-electron chi connectivity index (χ3n) is 8.24. The predicted molar refractivity (Wildman–Crippen MR) is 149 cm³/mol. The Morgan fingerprint density at radius 1 is 1.08 bits per heavy atom. The van der Waals surface area contributed by atoms with Crippen molar-refractivity contribution in [2.24, 2.45) is 0 Å². The van der Waals surface area contributed by atoms with Gasteiger partial charge in [0.05, 0.1) is 15.9 Å². The van der Waals surface area contributed by atoms with E-state index in [1.165, 1.54) is 11.3 Å². The number of carbonyl (C=O) groups is 1. The number of aromatic nitrogens is 2. The number of unbranched alkanes of at least 4 members (excludes halogenated alkanes) is 1. The molecule has 2 saturated heterocycles. The number of nitrogens with zero attached hydrogens (tertiary/aromatic N) is 4. The van der Waals surface area contributed by atoms with Crippen LogP contribution in [0.25, 0.3) is 26.4 Å². The molecule has 8 heteroatoms. The van der Waals surface area contributed by atoms with Gasteiger partial charge >= 0.3 is 0 Å². The van der Waals surface area contributed by atoms with Crippen LogP contribution in [0.4, 0.5) is 8.78 Å². The highest BCUT2D eigenvalue weighted by atomic mass is 32.1. The standard InChI is InChI=1S/C30H34F2N4OS/c1-34-13-4-5-26(34)20-7-9-23(24(32)17-20)25-19-36-27-10-8-21(18-29(27)38-30(36)33-25)28(37)6-2-3-14-35-15-11-22(31)12-16-35/h7-10,17-19,22,26H,2-6,11-16H2,1H3/t26-/m0/s1. The van der Waals surface area contributed by atoms with Crippen LogP contribution in [-0.4, -0.2) is 64.4 Å². The van der Waals surface area contributed by atoms with E-state index in [4.69, 9.17) is 4.98 Å². The number of thiazole rings is 1. The molecule has 200 valence electrons. The van der Waals surface area contributed by atoms with Crippen molar-refractivity contribution in [3.8, 4) is 11.3 Å². The zero-order valence-corrected chi connectivity index (χ0v) is 22.7. The van der Waals surface area contributed by atoms with Gasteiger partial charge in [-0.05, 0) is 94.6 Å². The fourth-order valence-electron chi connectivity index (χ4n) is 5.97. The summed E-state index contributed by atoms with van der Waals surface area (Å²) in [6.07, 6.45) is 7.02. The van der Waals surface area contributed by atoms with Crippen LogP contribution < -0.4 is 0 Å². The number of rotatable bonds is 8. The van der Waals surface area contributed by atoms with Crippen LogP contribution in [0.2, 0.25) is 0 Å². The first kappa shape index (κ1) is 25.6. The monoisotopic (exact) mass is 536 g/mol. The first-order chi connectivity index (χ1) is 18.5. The fourth-order valence-corrected chi connectivity index (χ4v) is 7.02. The van der Waals surface area contributed by atoms with Crippen LogP contribution in [0.1, 0.15) is 66.9 Å². The average molecular weight is 537 g/mol. The molecule has 0 spiro atoms. The molecule has 5 nitrogen and oxygen atoms in total. The van der Waals surface area contributed by atoms with Crippen LogP contribution in [-0.2, 0) is 0 Å². The number of alkyl halides is 1. The van der Waals surface area contributed by atoms with Crippen LogP contribution >= 0.6 is 11.3 Å². The third kappa shape index (κ3) is 5.14. The van der Waals surface area contributed by atoms with Crippen molar-refractivity contribution >= 4 is 32.3 Å². The lowest BCUT2D eigenvalue weighted by Gasteiger charge is -2.28. The Morgan fingerprint density at radius 2 is 1.92 bits per heavy atom. The molecular weight excluding hydrogens is 502 g/mol. The molecule has 4 aromatic rings. The summed E-state index contributed by atoms with van der Waals surface area (Å²) in [6.45, 7) is 3.63. The summed E-state index contributed by atoms with van der Waals surface area (Å²) in [7, 11) is 2.09. The van der Waals surface area contributed by atoms with E-state index in [0.717, 1.165) is 78.2 Å². The molecule has 0 amide bonds. The van der Waals surface area contributed by atoms with Gasteiger partial charge in [0.1, 0.15) is 12.0 Å². The number of hydrogen-bond donors (Lipinski definition) is 0. The molecule has 0 bridgehead atoms. The Hall–Kier alpha value is -2.68. The summed E-state index contributed by atoms with van der Waals surface area (Å²) in [4.78, 5) is 22.9. The molecule has 2 aromatic heterocycles. The molecule has 1 atom stereocenters. The van der Waals surface area contributed by atoms with E-state index < -0.39 is 6.17 Å². The molecule has 2 aliphatic rings. The number of ketones is 1. The topological polar surface area (TPSA) is 40.9 Å². The van der Waals surface area contributed by atoms with Gasteiger partial charge in [-0.25, -0.2) is 13.8 Å². The number of hydrogen-bond acceptors (Lipinski definition) is 5. The summed E-state index contributed by atoms with van der Waals surface area (Å²) in [6, 6.07) is 11.6. The highest BCUT2D eigenvalue weighted by Gasteiger charge is 2.24. The Bertz CT molecular complexity index is 1460. The van der Waals surface area contributed by atoms with E-state index >= 15 is 4.39 Å². The number of piperidine rings is 1. The minimum atomic E-state index is -0.647. The van der Waals surface area contributed by atoms with Crippen molar-refractivity contribution in [2.45, 2.75) is 57.2 Å². The summed E-state index contributed by atoms with van der Waals surface area (Å²) in [5, 5.41) is 0. The number of fused-ring (bicyclic) bond motifs is 3. The molecule has 4 heterocycles. The molecule has 0 N–H and O–H groups in total. The minimum absolute atomic E-state index is 0.149. The highest BCUT2D eigenvalue weighted by Crippen LogP contribution is 2.35. The van der Waals surface area contributed by atoms with Gasteiger partial charge in [0, 0.05) is 42.9 Å². The maximum absolute atomic E-state index is 15.1. The lowest BCUT2D eigenvalue weighted by Crippen LogP contribution is -2.35. The molecule has 2 aliphatic heterocycles. The van der Waals surface area contributed by atoms with Gasteiger partial charge < -0.3 is 4.90 Å². The summed E-state index contributed by atoms with van der Waals surface area (Å²) in [5.41, 5.74) is 3.86. The predicted octanol–water partition coefficient (Wildman–Crippen LogP) is 6.91. The minimum Gasteiger partial charge on any atom is -0.303 e. The highest BCUT2D eigenvalue weighted by molar-refractivity contribution is 7.23. The molecular formula is C30H34F2N4OS. The summed E-state index contributed by atoms with van der Waals surface area (Å²) >= 11 is 1.52. The van der Waals surface area contributed by atoms with Crippen molar-refractivity contribution in [1.29, 1.82) is 0 Å². The van der Waals surface area contributed by atoms with Gasteiger partial charge in [0.15, 0.2) is 10.7 Å². The molecule has 38 heavy (non-hydrogen) atoms. The SMILES string of the molecule is CN1CCC[C@H]1c1ccc(-c2cn3c(n2)sc2cc(C(=O)CCCCN4CCC(F)CC4)ccc23)c(F)c1. The first-order valence-electron chi connectivity index (χ1n) is 13.8. The van der Waals surface area contributed by atoms with E-state index in [1.807, 2.05) is 40.9 Å². The normalized spacial score (nSPS) is 19.7. The largest absolute Gasteiger partial charge is 0.303 e. The Morgan fingerprint density at radius 3 is 2.68 bits per heavy atom. The molecule has 6 rings (SSSR count). The lowest BCUT2D eigenvalue weighted by molar-refractivity contribution is 0.0976. The van der Waals surface area contributed by atoms with Crippen LogP contribution in [0.3, 0.4) is 0 Å². The van der Waals surface area contributed by atoms with Crippen LogP contribution in [0, 0.1) is 5.82 Å². The zero-order valence-electron chi connectivity index (χ0n) is 21.8. The van der Waals surface area contributed by atoms with Gasteiger partial charge in [-0.2, -0.15) is 0 Å². The molecule has 0 aliphatic carbocycles. The Labute approximate surface area is 226 Å². The number of halogens is 2. The van der Waals surface area contributed by atoms with Gasteiger partial charge in [-0.15, -0.1) is 0 Å². The zero-order chi connectivity index (χ0) is 26.2. The van der Waals surface area contributed by atoms with Crippen molar-refractivity contribution < 1.29 is 13.6 Å². The number of likely N-dealkylation sites (tertiary alicyclic amines) is 2. The Kier molecular flexibility index (Phi) is 7.29.